The molecule has 25 heavy (non-hydrogen) atoms. The first-order valence-electron chi connectivity index (χ1n) is 10.1. The van der Waals surface area contributed by atoms with Crippen LogP contribution in [0.3, 0.4) is 0 Å². The molecular formula is C20H30O5. The second-order valence-corrected chi connectivity index (χ2v) is 7.87. The first kappa shape index (κ1) is 17.5. The molecule has 1 saturated carbocycles. The molecule has 5 atom stereocenters. The van der Waals surface area contributed by atoms with Gasteiger partial charge in [-0.2, -0.15) is 0 Å². The Hall–Kier alpha value is -0.910. The minimum atomic E-state index is -0.0904. The fraction of sp³-hybridized carbons (Fsp3) is 0.850. The van der Waals surface area contributed by atoms with Gasteiger partial charge in [0.1, 0.15) is 6.10 Å². The van der Waals surface area contributed by atoms with Crippen LogP contribution in [0.5, 0.6) is 0 Å². The van der Waals surface area contributed by atoms with Crippen LogP contribution in [0.15, 0.2) is 12.2 Å². The summed E-state index contributed by atoms with van der Waals surface area (Å²) in [6, 6.07) is 0. The molecule has 0 radical (unpaired) electrons. The van der Waals surface area contributed by atoms with Gasteiger partial charge in [-0.05, 0) is 38.0 Å². The number of carbonyl (C=O) groups excluding carboxylic acids is 1. The van der Waals surface area contributed by atoms with E-state index in [1.807, 2.05) is 0 Å². The lowest BCUT2D eigenvalue weighted by atomic mass is 9.84. The predicted molar refractivity (Wildman–Crippen MR) is 91.9 cm³/mol. The van der Waals surface area contributed by atoms with Crippen LogP contribution < -0.4 is 0 Å². The molecule has 0 bridgehead atoms. The fourth-order valence-electron chi connectivity index (χ4n) is 4.63. The number of fused-ring (bicyclic) bond motifs is 1. The van der Waals surface area contributed by atoms with Gasteiger partial charge >= 0.3 is 5.97 Å². The molecule has 0 N–H and O–H groups in total. The lowest BCUT2D eigenvalue weighted by molar-refractivity contribution is -0.189. The van der Waals surface area contributed by atoms with Crippen LogP contribution in [0, 0.1) is 11.8 Å². The van der Waals surface area contributed by atoms with Crippen LogP contribution in [-0.2, 0) is 23.7 Å². The first-order chi connectivity index (χ1) is 12.3. The van der Waals surface area contributed by atoms with Crippen molar-refractivity contribution < 1.29 is 23.7 Å². The molecule has 3 saturated heterocycles. The highest BCUT2D eigenvalue weighted by atomic mass is 16.7. The summed E-state index contributed by atoms with van der Waals surface area (Å²) < 4.78 is 23.3. The number of hydrogen-bond donors (Lipinski definition) is 0. The zero-order valence-electron chi connectivity index (χ0n) is 14.9. The van der Waals surface area contributed by atoms with Gasteiger partial charge in [0.05, 0.1) is 25.2 Å². The summed E-state index contributed by atoms with van der Waals surface area (Å²) in [5, 5.41) is 0. The van der Waals surface area contributed by atoms with E-state index in [1.165, 1.54) is 38.5 Å². The van der Waals surface area contributed by atoms with Crippen molar-refractivity contribution in [2.75, 3.05) is 13.2 Å². The molecule has 0 aromatic rings. The van der Waals surface area contributed by atoms with E-state index < -0.39 is 0 Å². The number of carbonyl (C=O) groups is 1. The van der Waals surface area contributed by atoms with Crippen LogP contribution >= 0.6 is 0 Å². The van der Waals surface area contributed by atoms with Crippen LogP contribution in [0.2, 0.25) is 0 Å². The molecule has 5 nitrogen and oxygen atoms in total. The first-order valence-corrected chi connectivity index (χ1v) is 10.1. The van der Waals surface area contributed by atoms with Gasteiger partial charge in [-0.3, -0.25) is 4.79 Å². The highest BCUT2D eigenvalue weighted by Gasteiger charge is 2.45. The standard InChI is InChI=1S/C20H30O5/c21-19-12-15-17(23-13-18(15)24-19)10-9-16(14-6-2-1-3-7-14)25-20-8-4-5-11-22-20/h9-10,14-18,20H,1-8,11-13H2/t15?,16?,17?,18-,20?/m0/s1. The van der Waals surface area contributed by atoms with Crippen LogP contribution in [0.1, 0.15) is 57.8 Å². The van der Waals surface area contributed by atoms with Gasteiger partial charge in [0, 0.05) is 12.5 Å². The van der Waals surface area contributed by atoms with Crippen molar-refractivity contribution in [1.82, 2.24) is 0 Å². The normalized spacial score (nSPS) is 38.0. The molecule has 3 heterocycles. The Bertz CT molecular complexity index is 478. The van der Waals surface area contributed by atoms with E-state index in [-0.39, 0.29) is 36.5 Å². The third kappa shape index (κ3) is 4.26. The fourth-order valence-corrected chi connectivity index (χ4v) is 4.63. The van der Waals surface area contributed by atoms with Crippen LogP contribution in [-0.4, -0.2) is 43.8 Å². The van der Waals surface area contributed by atoms with Crippen molar-refractivity contribution in [1.29, 1.82) is 0 Å². The summed E-state index contributed by atoms with van der Waals surface area (Å²) in [7, 11) is 0. The van der Waals surface area contributed by atoms with E-state index in [9.17, 15) is 4.79 Å². The third-order valence-electron chi connectivity index (χ3n) is 6.09. The minimum Gasteiger partial charge on any atom is -0.459 e. The summed E-state index contributed by atoms with van der Waals surface area (Å²) in [5.74, 6) is 0.642. The van der Waals surface area contributed by atoms with E-state index in [0.29, 0.717) is 18.9 Å². The van der Waals surface area contributed by atoms with Crippen molar-refractivity contribution >= 4 is 5.97 Å². The average Bonchev–Trinajstić information content (AvgIpc) is 3.19. The molecule has 0 aromatic heterocycles. The minimum absolute atomic E-state index is 0.0292. The quantitative estimate of drug-likeness (QED) is 0.562. The van der Waals surface area contributed by atoms with E-state index >= 15 is 0 Å². The highest BCUT2D eigenvalue weighted by Crippen LogP contribution is 2.35. The third-order valence-corrected chi connectivity index (χ3v) is 6.09. The number of rotatable bonds is 5. The predicted octanol–water partition coefficient (Wildman–Crippen LogP) is 3.37. The maximum Gasteiger partial charge on any atom is 0.306 e. The van der Waals surface area contributed by atoms with Gasteiger partial charge in [-0.1, -0.05) is 31.4 Å². The monoisotopic (exact) mass is 350 g/mol. The topological polar surface area (TPSA) is 54.0 Å². The van der Waals surface area contributed by atoms with E-state index in [2.05, 4.69) is 12.2 Å². The molecule has 4 aliphatic rings. The lowest BCUT2D eigenvalue weighted by Gasteiger charge is -2.33. The molecule has 4 unspecified atom stereocenters. The summed E-state index contributed by atoms with van der Waals surface area (Å²) in [6.07, 6.45) is 14.4. The molecule has 0 aromatic carbocycles. The Labute approximate surface area is 150 Å². The molecule has 3 aliphatic heterocycles. The smallest absolute Gasteiger partial charge is 0.306 e. The van der Waals surface area contributed by atoms with Crippen molar-refractivity contribution in [3.63, 3.8) is 0 Å². The summed E-state index contributed by atoms with van der Waals surface area (Å²) in [4.78, 5) is 11.5. The lowest BCUT2D eigenvalue weighted by Crippen LogP contribution is -2.32. The van der Waals surface area contributed by atoms with Crippen molar-refractivity contribution in [3.05, 3.63) is 12.2 Å². The maximum atomic E-state index is 11.5. The van der Waals surface area contributed by atoms with Crippen molar-refractivity contribution in [3.8, 4) is 0 Å². The van der Waals surface area contributed by atoms with Gasteiger partial charge in [0.15, 0.2) is 6.29 Å². The number of hydrogen-bond acceptors (Lipinski definition) is 5. The summed E-state index contributed by atoms with van der Waals surface area (Å²) in [6.45, 7) is 1.33. The molecule has 4 rings (SSSR count). The van der Waals surface area contributed by atoms with Crippen LogP contribution in [0.4, 0.5) is 0 Å². The Balaban J connectivity index is 1.40. The molecular weight excluding hydrogens is 320 g/mol. The van der Waals surface area contributed by atoms with Gasteiger partial charge in [0.25, 0.3) is 0 Å². The Morgan fingerprint density at radius 2 is 1.88 bits per heavy atom. The second-order valence-electron chi connectivity index (χ2n) is 7.87. The van der Waals surface area contributed by atoms with Gasteiger partial charge in [-0.15, -0.1) is 0 Å². The van der Waals surface area contributed by atoms with E-state index in [4.69, 9.17) is 18.9 Å². The number of ether oxygens (including phenoxy) is 4. The molecule has 0 amide bonds. The zero-order valence-corrected chi connectivity index (χ0v) is 14.9. The van der Waals surface area contributed by atoms with Crippen LogP contribution in [0.25, 0.3) is 0 Å². The molecule has 4 fully saturated rings. The summed E-state index contributed by atoms with van der Waals surface area (Å²) >= 11 is 0. The highest BCUT2D eigenvalue weighted by molar-refractivity contribution is 5.72. The Morgan fingerprint density at radius 3 is 2.68 bits per heavy atom. The Kier molecular flexibility index (Phi) is 5.73. The largest absolute Gasteiger partial charge is 0.459 e. The average molecular weight is 350 g/mol. The van der Waals surface area contributed by atoms with Crippen molar-refractivity contribution in [2.24, 2.45) is 11.8 Å². The van der Waals surface area contributed by atoms with Gasteiger partial charge < -0.3 is 18.9 Å². The van der Waals surface area contributed by atoms with Gasteiger partial charge in [-0.25, -0.2) is 0 Å². The summed E-state index contributed by atoms with van der Waals surface area (Å²) in [5.41, 5.74) is 0. The molecule has 140 valence electrons. The second kappa shape index (κ2) is 8.19. The van der Waals surface area contributed by atoms with Gasteiger partial charge in [0.2, 0.25) is 0 Å². The zero-order chi connectivity index (χ0) is 17.1. The molecule has 1 aliphatic carbocycles. The maximum absolute atomic E-state index is 11.5. The Morgan fingerprint density at radius 1 is 1.04 bits per heavy atom. The van der Waals surface area contributed by atoms with Crippen molar-refractivity contribution in [2.45, 2.75) is 82.4 Å². The molecule has 5 heteroatoms. The molecule has 0 spiro atoms. The van der Waals surface area contributed by atoms with E-state index in [0.717, 1.165) is 19.4 Å². The number of esters is 1. The SMILES string of the molecule is O=C1CC2C(C=CC(OC3CCCCO3)C3CCCCC3)OC[C@@H]2O1. The van der Waals surface area contributed by atoms with E-state index in [1.54, 1.807) is 0 Å².